The summed E-state index contributed by atoms with van der Waals surface area (Å²) in [6.07, 6.45) is -3.57. The molecule has 0 aromatic heterocycles. The molecule has 7 heteroatoms. The Morgan fingerprint density at radius 2 is 1.89 bits per heavy atom. The van der Waals surface area contributed by atoms with Gasteiger partial charge >= 0.3 is 11.9 Å². The summed E-state index contributed by atoms with van der Waals surface area (Å²) >= 11 is 0. The van der Waals surface area contributed by atoms with Crippen LogP contribution < -0.4 is 0 Å². The maximum atomic E-state index is 11.0. The van der Waals surface area contributed by atoms with Crippen LogP contribution in [0.25, 0.3) is 0 Å². The molecule has 7 nitrogen and oxygen atoms in total. The van der Waals surface area contributed by atoms with Crippen LogP contribution in [0.5, 0.6) is 5.75 Å². The standard InChI is InChI=1S/C11H12O7/c1-18-11(17)9(14)8(13)6-3-2-5(10(15)16)4-7(6)12/h2-4,8-9,12-14H,1H3,(H,15,16). The Morgan fingerprint density at radius 1 is 1.28 bits per heavy atom. The van der Waals surface area contributed by atoms with Crippen LogP contribution >= 0.6 is 0 Å². The van der Waals surface area contributed by atoms with E-state index in [-0.39, 0.29) is 11.1 Å². The van der Waals surface area contributed by atoms with Crippen LogP contribution in [0.1, 0.15) is 22.0 Å². The molecular weight excluding hydrogens is 244 g/mol. The number of phenols is 1. The summed E-state index contributed by atoms with van der Waals surface area (Å²) in [7, 11) is 1.03. The monoisotopic (exact) mass is 256 g/mol. The number of hydrogen-bond acceptors (Lipinski definition) is 6. The number of methoxy groups -OCH3 is 1. The molecule has 0 aliphatic rings. The van der Waals surface area contributed by atoms with Crippen LogP contribution in [-0.4, -0.2) is 45.6 Å². The topological polar surface area (TPSA) is 124 Å². The number of ether oxygens (including phenoxy) is 1. The first-order chi connectivity index (χ1) is 8.38. The van der Waals surface area contributed by atoms with Crippen molar-refractivity contribution in [3.05, 3.63) is 29.3 Å². The predicted octanol–water partition coefficient (Wildman–Crippen LogP) is -0.342. The zero-order chi connectivity index (χ0) is 13.9. The van der Waals surface area contributed by atoms with Gasteiger partial charge in [-0.05, 0) is 12.1 Å². The smallest absolute Gasteiger partial charge is 0.337 e. The molecular formula is C11H12O7. The van der Waals surface area contributed by atoms with Gasteiger partial charge in [0, 0.05) is 5.56 Å². The predicted molar refractivity (Wildman–Crippen MR) is 58.0 cm³/mol. The Labute approximate surface area is 102 Å². The molecule has 1 aromatic rings. The first-order valence-electron chi connectivity index (χ1n) is 4.88. The quantitative estimate of drug-likeness (QED) is 0.543. The fourth-order valence-electron chi connectivity index (χ4n) is 1.35. The van der Waals surface area contributed by atoms with Crippen molar-refractivity contribution in [3.63, 3.8) is 0 Å². The second-order valence-corrected chi connectivity index (χ2v) is 3.49. The summed E-state index contributed by atoms with van der Waals surface area (Å²) in [5.74, 6) is -2.85. The van der Waals surface area contributed by atoms with Gasteiger partial charge in [0.05, 0.1) is 12.7 Å². The van der Waals surface area contributed by atoms with Crippen LogP contribution in [0, 0.1) is 0 Å². The SMILES string of the molecule is COC(=O)C(O)C(O)c1ccc(C(=O)O)cc1O. The number of aromatic carboxylic acids is 1. The van der Waals surface area contributed by atoms with Crippen LogP contribution in [0.4, 0.5) is 0 Å². The molecule has 0 radical (unpaired) electrons. The fourth-order valence-corrected chi connectivity index (χ4v) is 1.35. The number of carbonyl (C=O) groups excluding carboxylic acids is 1. The van der Waals surface area contributed by atoms with Gasteiger partial charge in [-0.1, -0.05) is 6.07 Å². The largest absolute Gasteiger partial charge is 0.508 e. The van der Waals surface area contributed by atoms with E-state index in [0.29, 0.717) is 0 Å². The van der Waals surface area contributed by atoms with Gasteiger partial charge in [-0.2, -0.15) is 0 Å². The number of rotatable bonds is 4. The molecule has 2 atom stereocenters. The van der Waals surface area contributed by atoms with Crippen molar-refractivity contribution in [3.8, 4) is 5.75 Å². The molecule has 1 rings (SSSR count). The van der Waals surface area contributed by atoms with Gasteiger partial charge in [-0.25, -0.2) is 9.59 Å². The molecule has 0 saturated heterocycles. The van der Waals surface area contributed by atoms with Crippen molar-refractivity contribution < 1.29 is 34.8 Å². The lowest BCUT2D eigenvalue weighted by atomic mass is 10.0. The van der Waals surface area contributed by atoms with E-state index < -0.39 is 29.9 Å². The van der Waals surface area contributed by atoms with Gasteiger partial charge < -0.3 is 25.2 Å². The summed E-state index contributed by atoms with van der Waals surface area (Å²) in [5.41, 5.74) is -0.353. The zero-order valence-electron chi connectivity index (χ0n) is 9.40. The van der Waals surface area contributed by atoms with E-state index in [2.05, 4.69) is 4.74 Å². The highest BCUT2D eigenvalue weighted by Crippen LogP contribution is 2.27. The Kier molecular flexibility index (Phi) is 4.24. The van der Waals surface area contributed by atoms with Gasteiger partial charge in [0.1, 0.15) is 11.9 Å². The highest BCUT2D eigenvalue weighted by molar-refractivity contribution is 5.88. The third kappa shape index (κ3) is 2.76. The summed E-state index contributed by atoms with van der Waals surface area (Å²) in [6.45, 7) is 0. The van der Waals surface area contributed by atoms with Gasteiger partial charge in [0.25, 0.3) is 0 Å². The number of benzene rings is 1. The summed E-state index contributed by atoms with van der Waals surface area (Å²) in [5, 5.41) is 37.2. The van der Waals surface area contributed by atoms with Crippen molar-refractivity contribution in [2.75, 3.05) is 7.11 Å². The zero-order valence-corrected chi connectivity index (χ0v) is 9.40. The Balaban J connectivity index is 3.03. The number of carboxylic acids is 1. The number of carbonyl (C=O) groups is 2. The van der Waals surface area contributed by atoms with Crippen LogP contribution in [-0.2, 0) is 9.53 Å². The number of aliphatic hydroxyl groups is 2. The Morgan fingerprint density at radius 3 is 2.33 bits per heavy atom. The molecule has 0 heterocycles. The minimum absolute atomic E-state index is 0.169. The lowest BCUT2D eigenvalue weighted by Crippen LogP contribution is -2.29. The third-order valence-corrected chi connectivity index (χ3v) is 2.34. The van der Waals surface area contributed by atoms with Gasteiger partial charge in [0.2, 0.25) is 0 Å². The molecule has 0 fully saturated rings. The Bertz CT molecular complexity index is 468. The summed E-state index contributed by atoms with van der Waals surface area (Å²) in [6, 6.07) is 3.14. The summed E-state index contributed by atoms with van der Waals surface area (Å²) in [4.78, 5) is 21.6. The number of aromatic hydroxyl groups is 1. The normalized spacial score (nSPS) is 13.7. The highest BCUT2D eigenvalue weighted by Gasteiger charge is 2.28. The van der Waals surface area contributed by atoms with E-state index in [0.717, 1.165) is 25.3 Å². The van der Waals surface area contributed by atoms with E-state index >= 15 is 0 Å². The fraction of sp³-hybridized carbons (Fsp3) is 0.273. The second kappa shape index (κ2) is 5.48. The molecule has 4 N–H and O–H groups in total. The lowest BCUT2D eigenvalue weighted by Gasteiger charge is -2.17. The van der Waals surface area contributed by atoms with Crippen LogP contribution in [0.3, 0.4) is 0 Å². The maximum absolute atomic E-state index is 11.0. The summed E-state index contributed by atoms with van der Waals surface area (Å²) < 4.78 is 4.23. The van der Waals surface area contributed by atoms with E-state index in [1.165, 1.54) is 0 Å². The van der Waals surface area contributed by atoms with E-state index in [1.54, 1.807) is 0 Å². The number of esters is 1. The molecule has 1 aromatic carbocycles. The van der Waals surface area contributed by atoms with Gasteiger partial charge in [-0.15, -0.1) is 0 Å². The van der Waals surface area contributed by atoms with Crippen LogP contribution in [0.2, 0.25) is 0 Å². The number of carboxylic acid groups (broad SMARTS) is 1. The first-order valence-corrected chi connectivity index (χ1v) is 4.88. The maximum Gasteiger partial charge on any atom is 0.337 e. The van der Waals surface area contributed by atoms with E-state index in [1.807, 2.05) is 0 Å². The first kappa shape index (κ1) is 13.9. The minimum Gasteiger partial charge on any atom is -0.508 e. The van der Waals surface area contributed by atoms with Crippen molar-refractivity contribution in [1.82, 2.24) is 0 Å². The lowest BCUT2D eigenvalue weighted by molar-refractivity contribution is -0.156. The van der Waals surface area contributed by atoms with E-state index in [9.17, 15) is 24.9 Å². The second-order valence-electron chi connectivity index (χ2n) is 3.49. The highest BCUT2D eigenvalue weighted by atomic mass is 16.5. The van der Waals surface area contributed by atoms with Crippen LogP contribution in [0.15, 0.2) is 18.2 Å². The third-order valence-electron chi connectivity index (χ3n) is 2.34. The Hall–Kier alpha value is -2.12. The molecule has 18 heavy (non-hydrogen) atoms. The molecule has 0 bridgehead atoms. The van der Waals surface area contributed by atoms with Crippen molar-refractivity contribution in [1.29, 1.82) is 0 Å². The average Bonchev–Trinajstić information content (AvgIpc) is 2.35. The van der Waals surface area contributed by atoms with Crippen molar-refractivity contribution >= 4 is 11.9 Å². The minimum atomic E-state index is -1.86. The van der Waals surface area contributed by atoms with E-state index in [4.69, 9.17) is 5.11 Å². The van der Waals surface area contributed by atoms with Crippen molar-refractivity contribution in [2.45, 2.75) is 12.2 Å². The van der Waals surface area contributed by atoms with Gasteiger partial charge in [-0.3, -0.25) is 0 Å². The molecule has 0 saturated carbocycles. The number of phenolic OH excluding ortho intramolecular Hbond substituents is 1. The molecule has 2 unspecified atom stereocenters. The number of hydrogen-bond donors (Lipinski definition) is 4. The molecule has 0 amide bonds. The molecule has 0 aliphatic heterocycles. The molecule has 98 valence electrons. The van der Waals surface area contributed by atoms with Crippen molar-refractivity contribution in [2.24, 2.45) is 0 Å². The van der Waals surface area contributed by atoms with Gasteiger partial charge in [0.15, 0.2) is 6.10 Å². The molecule has 0 spiro atoms. The average molecular weight is 256 g/mol. The number of aliphatic hydroxyl groups excluding tert-OH is 2. The molecule has 0 aliphatic carbocycles.